The van der Waals surface area contributed by atoms with Crippen LogP contribution in [-0.2, 0) is 6.42 Å². The molecule has 4 aromatic rings. The van der Waals surface area contributed by atoms with Crippen molar-refractivity contribution in [2.45, 2.75) is 27.2 Å². The Bertz CT molecular complexity index is 991. The molecular formula is C19H18N2S. The van der Waals surface area contributed by atoms with Crippen molar-refractivity contribution in [3.63, 3.8) is 0 Å². The first-order valence-electron chi connectivity index (χ1n) is 7.53. The molecule has 3 heteroatoms. The summed E-state index contributed by atoms with van der Waals surface area (Å²) in [5, 5.41) is 3.71. The van der Waals surface area contributed by atoms with Gasteiger partial charge in [-0.15, -0.1) is 11.3 Å². The van der Waals surface area contributed by atoms with Crippen molar-refractivity contribution in [1.29, 1.82) is 0 Å². The van der Waals surface area contributed by atoms with Gasteiger partial charge < -0.3 is 4.40 Å². The molecule has 0 spiro atoms. The second-order valence-corrected chi connectivity index (χ2v) is 6.87. The highest BCUT2D eigenvalue weighted by Crippen LogP contribution is 2.31. The van der Waals surface area contributed by atoms with Gasteiger partial charge in [-0.2, -0.15) is 0 Å². The molecule has 3 heterocycles. The van der Waals surface area contributed by atoms with Crippen LogP contribution in [0, 0.1) is 20.8 Å². The summed E-state index contributed by atoms with van der Waals surface area (Å²) in [6.07, 6.45) is 3.07. The Morgan fingerprint density at radius 1 is 1.14 bits per heavy atom. The number of thiophene rings is 1. The van der Waals surface area contributed by atoms with Gasteiger partial charge in [-0.05, 0) is 66.4 Å². The molecule has 0 bridgehead atoms. The zero-order chi connectivity index (χ0) is 15.3. The van der Waals surface area contributed by atoms with Crippen molar-refractivity contribution in [3.8, 4) is 0 Å². The number of pyridine rings is 1. The zero-order valence-corrected chi connectivity index (χ0v) is 13.9. The normalized spacial score (nSPS) is 11.6. The van der Waals surface area contributed by atoms with Gasteiger partial charge in [-0.1, -0.05) is 12.1 Å². The van der Waals surface area contributed by atoms with E-state index >= 15 is 0 Å². The van der Waals surface area contributed by atoms with Crippen molar-refractivity contribution >= 4 is 27.1 Å². The lowest BCUT2D eigenvalue weighted by Crippen LogP contribution is -1.96. The monoisotopic (exact) mass is 306 g/mol. The Morgan fingerprint density at radius 3 is 2.86 bits per heavy atom. The number of nitrogens with zero attached hydrogens (tertiary/aromatic N) is 2. The number of hydrogen-bond donors (Lipinski definition) is 0. The third-order valence-corrected chi connectivity index (χ3v) is 5.32. The highest BCUT2D eigenvalue weighted by Gasteiger charge is 2.13. The van der Waals surface area contributed by atoms with Gasteiger partial charge in [0.1, 0.15) is 5.65 Å². The molecule has 110 valence electrons. The van der Waals surface area contributed by atoms with E-state index in [9.17, 15) is 0 Å². The lowest BCUT2D eigenvalue weighted by Gasteiger charge is -2.05. The van der Waals surface area contributed by atoms with Gasteiger partial charge >= 0.3 is 0 Å². The molecule has 4 rings (SSSR count). The van der Waals surface area contributed by atoms with Crippen LogP contribution >= 0.6 is 11.3 Å². The van der Waals surface area contributed by atoms with Crippen LogP contribution in [0.2, 0.25) is 0 Å². The summed E-state index contributed by atoms with van der Waals surface area (Å²) in [5.41, 5.74) is 7.47. The van der Waals surface area contributed by atoms with E-state index in [-0.39, 0.29) is 0 Å². The molecule has 0 radical (unpaired) electrons. The van der Waals surface area contributed by atoms with Gasteiger partial charge in [0.05, 0.1) is 5.69 Å². The number of aryl methyl sites for hydroxylation is 3. The van der Waals surface area contributed by atoms with Crippen molar-refractivity contribution in [3.05, 3.63) is 70.0 Å². The van der Waals surface area contributed by atoms with E-state index in [0.717, 1.165) is 17.8 Å². The first-order valence-corrected chi connectivity index (χ1v) is 8.41. The summed E-state index contributed by atoms with van der Waals surface area (Å²) in [6, 6.07) is 10.8. The van der Waals surface area contributed by atoms with E-state index < -0.39 is 0 Å². The molecule has 0 atom stereocenters. The predicted molar refractivity (Wildman–Crippen MR) is 94.0 cm³/mol. The van der Waals surface area contributed by atoms with Crippen LogP contribution in [0.1, 0.15) is 28.1 Å². The van der Waals surface area contributed by atoms with Crippen LogP contribution in [-0.4, -0.2) is 9.38 Å². The lowest BCUT2D eigenvalue weighted by atomic mass is 10.0. The smallest absolute Gasteiger partial charge is 0.137 e. The fourth-order valence-electron chi connectivity index (χ4n) is 3.18. The predicted octanol–water partition coefficient (Wildman–Crippen LogP) is 5.07. The van der Waals surface area contributed by atoms with Crippen molar-refractivity contribution in [1.82, 2.24) is 9.38 Å². The van der Waals surface area contributed by atoms with Crippen LogP contribution in [0.5, 0.6) is 0 Å². The van der Waals surface area contributed by atoms with E-state index in [2.05, 4.69) is 67.1 Å². The number of fused-ring (bicyclic) bond motifs is 2. The Morgan fingerprint density at radius 2 is 2.00 bits per heavy atom. The van der Waals surface area contributed by atoms with Crippen molar-refractivity contribution in [2.75, 3.05) is 0 Å². The fourth-order valence-corrected chi connectivity index (χ4v) is 4.22. The Balaban J connectivity index is 1.88. The first kappa shape index (κ1) is 13.5. The molecule has 3 aromatic heterocycles. The molecule has 22 heavy (non-hydrogen) atoms. The minimum atomic E-state index is 0.931. The van der Waals surface area contributed by atoms with E-state index in [1.54, 1.807) is 0 Å². The quantitative estimate of drug-likeness (QED) is 0.505. The average Bonchev–Trinajstić information content (AvgIpc) is 3.02. The van der Waals surface area contributed by atoms with Gasteiger partial charge in [-0.25, -0.2) is 4.98 Å². The second-order valence-electron chi connectivity index (χ2n) is 5.96. The summed E-state index contributed by atoms with van der Waals surface area (Å²) >= 11 is 1.83. The Labute approximate surface area is 134 Å². The van der Waals surface area contributed by atoms with Crippen LogP contribution < -0.4 is 0 Å². The largest absolute Gasteiger partial charge is 0.303 e. The van der Waals surface area contributed by atoms with Crippen LogP contribution in [0.3, 0.4) is 0 Å². The van der Waals surface area contributed by atoms with Crippen LogP contribution in [0.4, 0.5) is 0 Å². The number of benzene rings is 1. The molecule has 0 unspecified atom stereocenters. The standard InChI is InChI=1S/C19H18N2S/c1-12-7-8-21-16(14(3)20-18(21)9-12)10-15-11-22-17-6-4-5-13(2)19(15)17/h4-9,11H,10H2,1-3H3. The van der Waals surface area contributed by atoms with E-state index in [4.69, 9.17) is 4.98 Å². The third-order valence-electron chi connectivity index (χ3n) is 4.32. The topological polar surface area (TPSA) is 17.3 Å². The molecule has 0 N–H and O–H groups in total. The summed E-state index contributed by atoms with van der Waals surface area (Å²) in [6.45, 7) is 6.42. The molecule has 2 nitrogen and oxygen atoms in total. The number of imidazole rings is 1. The van der Waals surface area contributed by atoms with E-state index in [1.807, 2.05) is 11.3 Å². The summed E-state index contributed by atoms with van der Waals surface area (Å²) in [7, 11) is 0. The molecule has 0 aliphatic carbocycles. The highest BCUT2D eigenvalue weighted by molar-refractivity contribution is 7.17. The van der Waals surface area contributed by atoms with Gasteiger partial charge in [0.2, 0.25) is 0 Å². The first-order chi connectivity index (χ1) is 10.6. The lowest BCUT2D eigenvalue weighted by molar-refractivity contribution is 1.01. The maximum Gasteiger partial charge on any atom is 0.137 e. The third kappa shape index (κ3) is 2.04. The second kappa shape index (κ2) is 4.96. The minimum absolute atomic E-state index is 0.931. The highest BCUT2D eigenvalue weighted by atomic mass is 32.1. The molecule has 1 aromatic carbocycles. The average molecular weight is 306 g/mol. The van der Waals surface area contributed by atoms with Gasteiger partial charge in [0, 0.05) is 23.0 Å². The summed E-state index contributed by atoms with van der Waals surface area (Å²) < 4.78 is 3.60. The molecule has 0 saturated heterocycles. The fraction of sp³-hybridized carbons (Fsp3) is 0.211. The number of hydrogen-bond acceptors (Lipinski definition) is 2. The zero-order valence-electron chi connectivity index (χ0n) is 13.1. The molecule has 0 amide bonds. The maximum absolute atomic E-state index is 4.72. The Hall–Kier alpha value is -2.13. The van der Waals surface area contributed by atoms with Gasteiger partial charge in [-0.3, -0.25) is 0 Å². The molecule has 0 aliphatic heterocycles. The molecule has 0 saturated carbocycles. The molecular weight excluding hydrogens is 288 g/mol. The van der Waals surface area contributed by atoms with Crippen molar-refractivity contribution < 1.29 is 0 Å². The maximum atomic E-state index is 4.72. The van der Waals surface area contributed by atoms with E-state index in [1.165, 1.54) is 32.5 Å². The van der Waals surface area contributed by atoms with Gasteiger partial charge in [0.15, 0.2) is 0 Å². The molecule has 0 aliphatic rings. The minimum Gasteiger partial charge on any atom is -0.303 e. The SMILES string of the molecule is Cc1ccn2c(Cc3csc4cccc(C)c34)c(C)nc2c1. The summed E-state index contributed by atoms with van der Waals surface area (Å²) in [5.74, 6) is 0. The van der Waals surface area contributed by atoms with Crippen molar-refractivity contribution in [2.24, 2.45) is 0 Å². The van der Waals surface area contributed by atoms with Crippen LogP contribution in [0.15, 0.2) is 41.9 Å². The number of rotatable bonds is 2. The van der Waals surface area contributed by atoms with Crippen LogP contribution in [0.25, 0.3) is 15.7 Å². The number of aromatic nitrogens is 2. The van der Waals surface area contributed by atoms with Gasteiger partial charge in [0.25, 0.3) is 0 Å². The molecule has 0 fully saturated rings. The van der Waals surface area contributed by atoms with E-state index in [0.29, 0.717) is 0 Å². The summed E-state index contributed by atoms with van der Waals surface area (Å²) in [4.78, 5) is 4.72. The Kier molecular flexibility index (Phi) is 3.05.